The lowest BCUT2D eigenvalue weighted by atomic mass is 10.1. The van der Waals surface area contributed by atoms with Gasteiger partial charge in [-0.3, -0.25) is 4.79 Å². The number of ether oxygens (including phenoxy) is 1. The highest BCUT2D eigenvalue weighted by atomic mass is 16.5. The van der Waals surface area contributed by atoms with Crippen LogP contribution in [0.3, 0.4) is 0 Å². The molecule has 4 unspecified atom stereocenters. The number of carbonyl (C=O) groups is 1. The first-order chi connectivity index (χ1) is 4.86. The number of carbonyl (C=O) groups excluding carboxylic acids is 1. The van der Waals surface area contributed by atoms with Crippen molar-refractivity contribution in [1.29, 1.82) is 0 Å². The van der Waals surface area contributed by atoms with E-state index < -0.39 is 0 Å². The number of hydrogen-bond acceptors (Lipinski definition) is 2. The van der Waals surface area contributed by atoms with Crippen LogP contribution in [0.25, 0.3) is 0 Å². The normalized spacial score (nSPS) is 56.6. The Bertz CT molecular complexity index is 193. The summed E-state index contributed by atoms with van der Waals surface area (Å²) in [5.74, 6) is 1.44. The molecule has 3 fully saturated rings. The van der Waals surface area contributed by atoms with Gasteiger partial charge >= 0.3 is 0 Å². The second kappa shape index (κ2) is 1.45. The fraction of sp³-hybridized carbons (Fsp3) is 0.875. The first kappa shape index (κ1) is 5.30. The fourth-order valence-electron chi connectivity index (χ4n) is 2.47. The summed E-state index contributed by atoms with van der Waals surface area (Å²) in [6, 6.07) is 0. The van der Waals surface area contributed by atoms with Crippen molar-refractivity contribution in [3.8, 4) is 0 Å². The second-order valence-corrected chi connectivity index (χ2v) is 3.66. The number of Topliss-reactive ketones (excluding diaryl/α,β-unsaturated/α-hetero) is 1. The van der Waals surface area contributed by atoms with Crippen LogP contribution in [-0.4, -0.2) is 18.0 Å². The number of hydrogen-bond donors (Lipinski definition) is 0. The predicted octanol–water partition coefficient (Wildman–Crippen LogP) is 0.753. The Morgan fingerprint density at radius 3 is 3.20 bits per heavy atom. The van der Waals surface area contributed by atoms with Crippen LogP contribution in [-0.2, 0) is 9.53 Å². The molecule has 2 heterocycles. The molecule has 2 bridgehead atoms. The third kappa shape index (κ3) is 0.473. The summed E-state index contributed by atoms with van der Waals surface area (Å²) in [5, 5.41) is 0. The Morgan fingerprint density at radius 1 is 1.40 bits per heavy atom. The predicted molar refractivity (Wildman–Crippen MR) is 34.5 cm³/mol. The average molecular weight is 138 g/mol. The third-order valence-corrected chi connectivity index (χ3v) is 3.07. The van der Waals surface area contributed by atoms with Crippen LogP contribution < -0.4 is 0 Å². The first-order valence-electron chi connectivity index (χ1n) is 4.04. The van der Waals surface area contributed by atoms with E-state index in [0.29, 0.717) is 36.2 Å². The van der Waals surface area contributed by atoms with E-state index in [1.807, 2.05) is 0 Å². The van der Waals surface area contributed by atoms with Crippen LogP contribution in [0.1, 0.15) is 19.3 Å². The van der Waals surface area contributed by atoms with Crippen molar-refractivity contribution in [1.82, 2.24) is 0 Å². The summed E-state index contributed by atoms with van der Waals surface area (Å²) in [4.78, 5) is 11.2. The van der Waals surface area contributed by atoms with Crippen LogP contribution in [0.5, 0.6) is 0 Å². The summed E-state index contributed by atoms with van der Waals surface area (Å²) >= 11 is 0. The van der Waals surface area contributed by atoms with Gasteiger partial charge in [-0.25, -0.2) is 0 Å². The molecule has 2 nitrogen and oxygen atoms in total. The molecule has 1 aliphatic carbocycles. The van der Waals surface area contributed by atoms with E-state index in [2.05, 4.69) is 0 Å². The van der Waals surface area contributed by atoms with Crippen molar-refractivity contribution >= 4 is 5.78 Å². The molecule has 0 aromatic carbocycles. The SMILES string of the molecule is O=C1CC2CCC3C(O2)C13. The molecular formula is C8H10O2. The maximum absolute atomic E-state index is 11.2. The van der Waals surface area contributed by atoms with E-state index in [4.69, 9.17) is 4.74 Å². The fourth-order valence-corrected chi connectivity index (χ4v) is 2.47. The highest BCUT2D eigenvalue weighted by Crippen LogP contribution is 2.54. The average Bonchev–Trinajstić information content (AvgIpc) is 2.62. The lowest BCUT2D eigenvalue weighted by molar-refractivity contribution is -0.129. The lowest BCUT2D eigenvalue weighted by Gasteiger charge is -2.22. The van der Waals surface area contributed by atoms with E-state index in [1.165, 1.54) is 6.42 Å². The molecular weight excluding hydrogens is 128 g/mol. The maximum Gasteiger partial charge on any atom is 0.141 e. The molecule has 2 saturated heterocycles. The molecule has 1 saturated carbocycles. The lowest BCUT2D eigenvalue weighted by Crippen LogP contribution is -2.27. The minimum atomic E-state index is 0.299. The molecule has 54 valence electrons. The van der Waals surface area contributed by atoms with Gasteiger partial charge < -0.3 is 4.74 Å². The maximum atomic E-state index is 11.2. The van der Waals surface area contributed by atoms with Gasteiger partial charge in [-0.05, 0) is 18.8 Å². The van der Waals surface area contributed by atoms with Crippen molar-refractivity contribution in [3.63, 3.8) is 0 Å². The van der Waals surface area contributed by atoms with E-state index in [1.54, 1.807) is 0 Å². The van der Waals surface area contributed by atoms with Crippen LogP contribution in [0.15, 0.2) is 0 Å². The van der Waals surface area contributed by atoms with Crippen LogP contribution in [0.4, 0.5) is 0 Å². The molecule has 0 aromatic heterocycles. The van der Waals surface area contributed by atoms with E-state index in [9.17, 15) is 4.79 Å². The van der Waals surface area contributed by atoms with Crippen molar-refractivity contribution in [2.24, 2.45) is 11.8 Å². The Morgan fingerprint density at radius 2 is 2.30 bits per heavy atom. The topological polar surface area (TPSA) is 26.3 Å². The summed E-state index contributed by atoms with van der Waals surface area (Å²) in [5.41, 5.74) is 0. The van der Waals surface area contributed by atoms with Gasteiger partial charge in [0, 0.05) is 12.3 Å². The molecule has 10 heavy (non-hydrogen) atoms. The second-order valence-electron chi connectivity index (χ2n) is 3.66. The zero-order valence-electron chi connectivity index (χ0n) is 5.75. The molecule has 0 amide bonds. The highest BCUT2D eigenvalue weighted by Gasteiger charge is 2.61. The van der Waals surface area contributed by atoms with Crippen LogP contribution in [0.2, 0.25) is 0 Å². The van der Waals surface area contributed by atoms with Gasteiger partial charge in [0.1, 0.15) is 5.78 Å². The highest BCUT2D eigenvalue weighted by molar-refractivity contribution is 5.86. The van der Waals surface area contributed by atoms with Gasteiger partial charge in [-0.1, -0.05) is 0 Å². The summed E-state index contributed by atoms with van der Waals surface area (Å²) < 4.78 is 5.61. The molecule has 4 atom stereocenters. The molecule has 3 rings (SSSR count). The van der Waals surface area contributed by atoms with Gasteiger partial charge in [-0.15, -0.1) is 0 Å². The smallest absolute Gasteiger partial charge is 0.141 e. The number of fused-ring (bicyclic) bond motifs is 2. The van der Waals surface area contributed by atoms with Crippen LogP contribution >= 0.6 is 0 Å². The monoisotopic (exact) mass is 138 g/mol. The summed E-state index contributed by atoms with van der Waals surface area (Å²) in [6.45, 7) is 0. The van der Waals surface area contributed by atoms with Crippen molar-refractivity contribution in [3.05, 3.63) is 0 Å². The molecule has 0 N–H and O–H groups in total. The third-order valence-electron chi connectivity index (χ3n) is 3.07. The van der Waals surface area contributed by atoms with Crippen molar-refractivity contribution < 1.29 is 9.53 Å². The molecule has 2 aliphatic heterocycles. The van der Waals surface area contributed by atoms with Gasteiger partial charge in [0.15, 0.2) is 0 Å². The quantitative estimate of drug-likeness (QED) is 0.494. The molecule has 0 aromatic rings. The zero-order chi connectivity index (χ0) is 6.72. The Kier molecular flexibility index (Phi) is 0.768. The van der Waals surface area contributed by atoms with E-state index in [-0.39, 0.29) is 0 Å². The van der Waals surface area contributed by atoms with Crippen LogP contribution in [0, 0.1) is 11.8 Å². The van der Waals surface area contributed by atoms with Crippen molar-refractivity contribution in [2.75, 3.05) is 0 Å². The Hall–Kier alpha value is -0.370. The van der Waals surface area contributed by atoms with Gasteiger partial charge in [0.2, 0.25) is 0 Å². The Labute approximate surface area is 59.6 Å². The largest absolute Gasteiger partial charge is 0.373 e. The van der Waals surface area contributed by atoms with Gasteiger partial charge in [0.25, 0.3) is 0 Å². The Balaban J connectivity index is 1.98. The number of ketones is 1. The molecule has 0 spiro atoms. The minimum Gasteiger partial charge on any atom is -0.373 e. The number of rotatable bonds is 0. The van der Waals surface area contributed by atoms with Crippen molar-refractivity contribution in [2.45, 2.75) is 31.5 Å². The minimum absolute atomic E-state index is 0.299. The molecule has 2 heteroatoms. The van der Waals surface area contributed by atoms with E-state index in [0.717, 1.165) is 6.42 Å². The first-order valence-corrected chi connectivity index (χ1v) is 4.04. The zero-order valence-corrected chi connectivity index (χ0v) is 5.75. The van der Waals surface area contributed by atoms with Gasteiger partial charge in [-0.2, -0.15) is 0 Å². The standard InChI is InChI=1S/C8H10O2/c9-6-3-4-1-2-5-7(6)8(5)10-4/h4-5,7-8H,1-3H2. The molecule has 0 radical (unpaired) electrons. The van der Waals surface area contributed by atoms with Gasteiger partial charge in [0.05, 0.1) is 12.2 Å². The summed E-state index contributed by atoms with van der Waals surface area (Å²) in [7, 11) is 0. The summed E-state index contributed by atoms with van der Waals surface area (Å²) in [6.07, 6.45) is 3.74. The molecule has 3 aliphatic rings. The van der Waals surface area contributed by atoms with E-state index >= 15 is 0 Å².